The van der Waals surface area contributed by atoms with Crippen molar-refractivity contribution < 1.29 is 19.8 Å². The maximum absolute atomic E-state index is 11.6. The molecule has 0 saturated heterocycles. The smallest absolute Gasteiger partial charge is 0.335 e. The summed E-state index contributed by atoms with van der Waals surface area (Å²) in [5.41, 5.74) is 11.8. The summed E-state index contributed by atoms with van der Waals surface area (Å²) in [4.78, 5) is 23.1. The first kappa shape index (κ1) is 32.9. The van der Waals surface area contributed by atoms with E-state index in [1.807, 2.05) is 54.6 Å². The molecule has 0 aliphatic rings. The van der Waals surface area contributed by atoms with E-state index in [4.69, 9.17) is 0 Å². The Morgan fingerprint density at radius 3 is 1.43 bits per heavy atom. The fraction of sp³-hybridized carbons (Fsp3) is 0. The highest BCUT2D eigenvalue weighted by Gasteiger charge is 2.25. The van der Waals surface area contributed by atoms with Crippen LogP contribution in [0.3, 0.4) is 0 Å². The van der Waals surface area contributed by atoms with E-state index < -0.39 is 11.9 Å². The van der Waals surface area contributed by atoms with Crippen molar-refractivity contribution in [1.82, 2.24) is 0 Å². The Balaban J connectivity index is 1.39. The minimum absolute atomic E-state index is 0.113. The van der Waals surface area contributed by atoms with Crippen molar-refractivity contribution in [3.8, 4) is 22.3 Å². The van der Waals surface area contributed by atoms with Crippen LogP contribution in [0.2, 0.25) is 0 Å². The summed E-state index contributed by atoms with van der Waals surface area (Å²) in [5, 5.41) is 22.8. The van der Waals surface area contributed by atoms with Crippen LogP contribution in [0.1, 0.15) is 20.7 Å². The number of carboxylic acid groups (broad SMARTS) is 2. The van der Waals surface area contributed by atoms with E-state index in [1.54, 1.807) is 24.3 Å². The summed E-state index contributed by atoms with van der Waals surface area (Å²) in [6.07, 6.45) is 0. The molecule has 0 bridgehead atoms. The molecule has 5 nitrogen and oxygen atoms in total. The molecule has 0 saturated carbocycles. The zero-order valence-electron chi connectivity index (χ0n) is 27.7. The number of hydrogen-bond acceptors (Lipinski definition) is 3. The first-order chi connectivity index (χ1) is 24.9. The number of benzene rings is 7. The van der Waals surface area contributed by atoms with Gasteiger partial charge in [-0.15, -0.1) is 0 Å². The van der Waals surface area contributed by atoms with Crippen molar-refractivity contribution in [3.05, 3.63) is 187 Å². The third-order valence-electron chi connectivity index (χ3n) is 9.18. The molecule has 0 spiro atoms. The first-order valence-electron chi connectivity index (χ1n) is 16.8. The minimum Gasteiger partial charge on any atom is -0.478 e. The van der Waals surface area contributed by atoms with Crippen LogP contribution in [0.5, 0.6) is 0 Å². The SMILES string of the molecule is O=C(O)c1ccc(-c2ccc(Bc3ccccc3)c(Nc3ccc(-c4ccc(C(=O)O)cc4)cc3B(c3ccccc3)c3ccccc3)c2)cc1. The summed E-state index contributed by atoms with van der Waals surface area (Å²) in [5.74, 6) is -1.91. The molecule has 0 aliphatic carbocycles. The van der Waals surface area contributed by atoms with E-state index in [2.05, 4.69) is 102 Å². The van der Waals surface area contributed by atoms with E-state index >= 15 is 0 Å². The van der Waals surface area contributed by atoms with Crippen molar-refractivity contribution in [3.63, 3.8) is 0 Å². The molecule has 7 aromatic carbocycles. The van der Waals surface area contributed by atoms with E-state index in [9.17, 15) is 19.8 Å². The second-order valence-electron chi connectivity index (χ2n) is 12.5. The summed E-state index contributed by atoms with van der Waals surface area (Å²) in [6, 6.07) is 57.9. The lowest BCUT2D eigenvalue weighted by atomic mass is 9.36. The van der Waals surface area contributed by atoms with Crippen molar-refractivity contribution in [1.29, 1.82) is 0 Å². The number of aromatic carboxylic acids is 2. The summed E-state index contributed by atoms with van der Waals surface area (Å²) in [7, 11) is 0.714. The molecule has 0 amide bonds. The second-order valence-corrected chi connectivity index (χ2v) is 12.5. The van der Waals surface area contributed by atoms with Crippen LogP contribution in [0.25, 0.3) is 22.3 Å². The molecule has 0 aliphatic heterocycles. The average Bonchev–Trinajstić information content (AvgIpc) is 3.17. The van der Waals surface area contributed by atoms with Crippen LogP contribution in [0.4, 0.5) is 11.4 Å². The minimum atomic E-state index is -0.957. The number of anilines is 2. The van der Waals surface area contributed by atoms with Crippen LogP contribution < -0.4 is 32.6 Å². The topological polar surface area (TPSA) is 86.6 Å². The lowest BCUT2D eigenvalue weighted by Gasteiger charge is -2.23. The molecule has 7 aromatic rings. The van der Waals surface area contributed by atoms with Gasteiger partial charge in [0.15, 0.2) is 7.28 Å². The zero-order chi connectivity index (χ0) is 35.2. The molecular weight excluding hydrogens is 628 g/mol. The molecule has 7 heteroatoms. The molecule has 0 heterocycles. The predicted molar refractivity (Wildman–Crippen MR) is 211 cm³/mol. The lowest BCUT2D eigenvalue weighted by molar-refractivity contribution is 0.0686. The quantitative estimate of drug-likeness (QED) is 0.147. The van der Waals surface area contributed by atoms with Crippen LogP contribution in [-0.4, -0.2) is 36.1 Å². The van der Waals surface area contributed by atoms with Gasteiger partial charge in [0.05, 0.1) is 11.1 Å². The third-order valence-corrected chi connectivity index (χ3v) is 9.18. The molecule has 51 heavy (non-hydrogen) atoms. The monoisotopic (exact) mass is 661 g/mol. The Morgan fingerprint density at radius 2 is 0.922 bits per heavy atom. The van der Waals surface area contributed by atoms with E-state index in [1.165, 1.54) is 5.46 Å². The second kappa shape index (κ2) is 14.9. The Hall–Kier alpha value is -6.59. The molecule has 0 atom stereocenters. The van der Waals surface area contributed by atoms with E-state index in [-0.39, 0.29) is 17.8 Å². The molecular formula is C44H33B2NO4. The molecule has 244 valence electrons. The Labute approximate surface area is 298 Å². The third kappa shape index (κ3) is 7.53. The predicted octanol–water partition coefficient (Wildman–Crippen LogP) is 6.06. The molecule has 3 N–H and O–H groups in total. The number of carboxylic acids is 2. The summed E-state index contributed by atoms with van der Waals surface area (Å²) in [6.45, 7) is -0.113. The molecule has 0 unspecified atom stereocenters. The van der Waals surface area contributed by atoms with Crippen LogP contribution in [-0.2, 0) is 0 Å². The maximum Gasteiger partial charge on any atom is 0.335 e. The van der Waals surface area contributed by atoms with Gasteiger partial charge in [0.25, 0.3) is 0 Å². The van der Waals surface area contributed by atoms with E-state index in [0.29, 0.717) is 7.28 Å². The van der Waals surface area contributed by atoms with Crippen molar-refractivity contribution >= 4 is 64.6 Å². The fourth-order valence-corrected chi connectivity index (χ4v) is 6.54. The summed E-state index contributed by atoms with van der Waals surface area (Å²) < 4.78 is 0. The zero-order valence-corrected chi connectivity index (χ0v) is 27.7. The number of nitrogens with one attached hydrogen (secondary N) is 1. The molecule has 0 aromatic heterocycles. The molecule has 0 radical (unpaired) electrons. The van der Waals surface area contributed by atoms with Gasteiger partial charge in [0.2, 0.25) is 6.71 Å². The van der Waals surface area contributed by atoms with Gasteiger partial charge in [-0.2, -0.15) is 0 Å². The van der Waals surface area contributed by atoms with Gasteiger partial charge in [-0.25, -0.2) is 9.59 Å². The Bertz CT molecular complexity index is 2260. The van der Waals surface area contributed by atoms with Crippen molar-refractivity contribution in [2.75, 3.05) is 5.32 Å². The first-order valence-corrected chi connectivity index (χ1v) is 16.8. The van der Waals surface area contributed by atoms with Gasteiger partial charge in [0, 0.05) is 11.4 Å². The van der Waals surface area contributed by atoms with Gasteiger partial charge in [-0.1, -0.05) is 161 Å². The van der Waals surface area contributed by atoms with Crippen LogP contribution in [0.15, 0.2) is 176 Å². The molecule has 0 fully saturated rings. The van der Waals surface area contributed by atoms with Crippen LogP contribution in [0, 0.1) is 0 Å². The largest absolute Gasteiger partial charge is 0.478 e. The average molecular weight is 661 g/mol. The maximum atomic E-state index is 11.6. The summed E-state index contributed by atoms with van der Waals surface area (Å²) >= 11 is 0. The Morgan fingerprint density at radius 1 is 0.471 bits per heavy atom. The van der Waals surface area contributed by atoms with Crippen molar-refractivity contribution in [2.45, 2.75) is 0 Å². The van der Waals surface area contributed by atoms with Gasteiger partial charge in [-0.3, -0.25) is 0 Å². The standard InChI is InChI=1S/C44H33B2NO4/c48-43(49)32-20-16-30(17-21-32)34-25-27-41(40(28-34)46(37-12-6-2-7-13-37)38-14-8-3-9-15-38)47-42-29-35(31-18-22-33(23-19-31)44(50)51)24-26-39(42)45-36-10-4-1-5-11-36/h1-29,45,47H,(H,48,49)(H,50,51). The fourth-order valence-electron chi connectivity index (χ4n) is 6.54. The highest BCUT2D eigenvalue weighted by atomic mass is 16.4. The van der Waals surface area contributed by atoms with Crippen LogP contribution >= 0.6 is 0 Å². The Kier molecular flexibility index (Phi) is 9.62. The number of rotatable bonds is 11. The van der Waals surface area contributed by atoms with Gasteiger partial charge in [0.1, 0.15) is 0 Å². The van der Waals surface area contributed by atoms with Gasteiger partial charge < -0.3 is 15.5 Å². The van der Waals surface area contributed by atoms with Gasteiger partial charge in [-0.05, 0) is 64.1 Å². The van der Waals surface area contributed by atoms with E-state index in [0.717, 1.165) is 55.5 Å². The highest BCUT2D eigenvalue weighted by Crippen LogP contribution is 2.27. The van der Waals surface area contributed by atoms with Gasteiger partial charge >= 0.3 is 11.9 Å². The van der Waals surface area contributed by atoms with Crippen molar-refractivity contribution in [2.24, 2.45) is 0 Å². The normalized spacial score (nSPS) is 10.7. The number of hydrogen-bond donors (Lipinski definition) is 3. The highest BCUT2D eigenvalue weighted by molar-refractivity contribution is 6.96. The number of carbonyl (C=O) groups is 2. The molecule has 7 rings (SSSR count). The lowest BCUT2D eigenvalue weighted by Crippen LogP contribution is -2.52.